The lowest BCUT2D eigenvalue weighted by Crippen LogP contribution is -2.57. The number of fused-ring (bicyclic) bond motifs is 2. The van der Waals surface area contributed by atoms with Gasteiger partial charge in [-0.2, -0.15) is 0 Å². The van der Waals surface area contributed by atoms with Crippen LogP contribution in [0.5, 0.6) is 5.75 Å². The third-order valence-electron chi connectivity index (χ3n) is 7.88. The molecule has 3 rings (SSSR count). The number of nitrogens with zero attached hydrogens (tertiary/aromatic N) is 1. The van der Waals surface area contributed by atoms with Gasteiger partial charge in [0.15, 0.2) is 6.61 Å². The predicted octanol–water partition coefficient (Wildman–Crippen LogP) is 1.65. The number of aliphatic hydroxyl groups excluding tert-OH is 2. The molecule has 0 fully saturated rings. The highest BCUT2D eigenvalue weighted by Gasteiger charge is 2.30. The summed E-state index contributed by atoms with van der Waals surface area (Å²) in [7, 11) is 0. The van der Waals surface area contributed by atoms with Crippen molar-refractivity contribution < 1.29 is 38.9 Å². The van der Waals surface area contributed by atoms with E-state index in [0.717, 1.165) is 4.90 Å². The van der Waals surface area contributed by atoms with Gasteiger partial charge in [0, 0.05) is 42.4 Å². The van der Waals surface area contributed by atoms with Gasteiger partial charge in [0.25, 0.3) is 11.8 Å². The third kappa shape index (κ3) is 14.0. The van der Waals surface area contributed by atoms with Gasteiger partial charge in [0.2, 0.25) is 17.7 Å². The fraction of sp³-hybridized carbons (Fsp3) is 0.528. The van der Waals surface area contributed by atoms with Crippen LogP contribution in [-0.2, 0) is 25.6 Å². The fourth-order valence-corrected chi connectivity index (χ4v) is 6.00. The van der Waals surface area contributed by atoms with Gasteiger partial charge in [-0.15, -0.1) is 11.8 Å². The van der Waals surface area contributed by atoms with Crippen molar-refractivity contribution >= 4 is 41.3 Å². The van der Waals surface area contributed by atoms with Crippen molar-refractivity contribution in [1.29, 1.82) is 0 Å². The first-order valence-electron chi connectivity index (χ1n) is 17.1. The van der Waals surface area contributed by atoms with Crippen molar-refractivity contribution in [3.63, 3.8) is 0 Å². The quantitative estimate of drug-likeness (QED) is 0.232. The summed E-state index contributed by atoms with van der Waals surface area (Å²) in [6.07, 6.45) is 0.644. The van der Waals surface area contributed by atoms with Crippen LogP contribution in [0.3, 0.4) is 0 Å². The van der Waals surface area contributed by atoms with Gasteiger partial charge in [-0.1, -0.05) is 26.0 Å². The summed E-state index contributed by atoms with van der Waals surface area (Å²) < 4.78 is 5.67. The van der Waals surface area contributed by atoms with Crippen LogP contribution in [0.4, 0.5) is 0 Å². The van der Waals surface area contributed by atoms with Gasteiger partial charge in [-0.25, -0.2) is 0 Å². The van der Waals surface area contributed by atoms with Gasteiger partial charge >= 0.3 is 0 Å². The summed E-state index contributed by atoms with van der Waals surface area (Å²) in [5.41, 5.74) is 1.13. The number of carbonyl (C=O) groups excluding carboxylic acids is 5. The molecule has 0 saturated carbocycles. The van der Waals surface area contributed by atoms with Crippen molar-refractivity contribution in [3.05, 3.63) is 59.7 Å². The Morgan fingerprint density at radius 1 is 0.920 bits per heavy atom. The van der Waals surface area contributed by atoms with Gasteiger partial charge in [0.05, 0.1) is 19.1 Å². The Labute approximate surface area is 298 Å². The van der Waals surface area contributed by atoms with E-state index in [-0.39, 0.29) is 43.9 Å². The van der Waals surface area contributed by atoms with E-state index in [9.17, 15) is 29.1 Å². The summed E-state index contributed by atoms with van der Waals surface area (Å²) in [5.74, 6) is -1.04. The molecule has 5 amide bonds. The summed E-state index contributed by atoms with van der Waals surface area (Å²) in [5, 5.41) is 30.5. The third-order valence-corrected chi connectivity index (χ3v) is 8.88. The van der Waals surface area contributed by atoms with Crippen LogP contribution in [0.25, 0.3) is 0 Å². The largest absolute Gasteiger partial charge is 0.484 e. The first-order chi connectivity index (χ1) is 24.0. The minimum Gasteiger partial charge on any atom is -0.484 e. The first-order valence-corrected chi connectivity index (χ1v) is 18.1. The molecular weight excluding hydrogens is 662 g/mol. The molecule has 1 aliphatic rings. The molecule has 0 spiro atoms. The number of benzene rings is 2. The topological polar surface area (TPSA) is 186 Å². The van der Waals surface area contributed by atoms with E-state index in [0.29, 0.717) is 67.9 Å². The molecule has 1 aliphatic heterocycles. The molecule has 1 heterocycles. The van der Waals surface area contributed by atoms with E-state index in [2.05, 4.69) is 21.3 Å². The number of ether oxygens (including phenoxy) is 1. The molecule has 2 aromatic rings. The van der Waals surface area contributed by atoms with Crippen molar-refractivity contribution in [2.24, 2.45) is 5.92 Å². The average molecular weight is 714 g/mol. The molecule has 2 bridgehead atoms. The lowest BCUT2D eigenvalue weighted by Gasteiger charge is -2.26. The zero-order valence-corrected chi connectivity index (χ0v) is 29.9. The van der Waals surface area contributed by atoms with Crippen molar-refractivity contribution in [3.8, 4) is 5.75 Å². The Balaban J connectivity index is 1.76. The van der Waals surface area contributed by atoms with Crippen molar-refractivity contribution in [2.45, 2.75) is 76.0 Å². The van der Waals surface area contributed by atoms with Gasteiger partial charge in [-0.05, 0) is 80.5 Å². The van der Waals surface area contributed by atoms with Crippen LogP contribution in [0.2, 0.25) is 0 Å². The normalized spacial score (nSPS) is 20.0. The highest BCUT2D eigenvalue weighted by molar-refractivity contribution is 7.99. The first kappa shape index (κ1) is 40.3. The molecule has 0 aromatic heterocycles. The number of thioether (sulfide) groups is 1. The Morgan fingerprint density at radius 2 is 1.64 bits per heavy atom. The average Bonchev–Trinajstić information content (AvgIpc) is 3.08. The molecule has 0 aliphatic carbocycles. The number of amides is 5. The van der Waals surface area contributed by atoms with Gasteiger partial charge < -0.3 is 41.1 Å². The van der Waals surface area contributed by atoms with E-state index >= 15 is 0 Å². The van der Waals surface area contributed by atoms with E-state index in [1.165, 1.54) is 18.7 Å². The maximum atomic E-state index is 13.5. The molecule has 14 heteroatoms. The number of rotatable bonds is 7. The van der Waals surface area contributed by atoms with E-state index in [4.69, 9.17) is 9.84 Å². The molecular formula is C36H51N5O8S. The highest BCUT2D eigenvalue weighted by atomic mass is 32.2. The molecule has 0 unspecified atom stereocenters. The maximum absolute atomic E-state index is 13.5. The molecule has 13 nitrogen and oxygen atoms in total. The van der Waals surface area contributed by atoms with E-state index in [1.807, 2.05) is 26.0 Å². The second-order valence-corrected chi connectivity index (χ2v) is 13.8. The second kappa shape index (κ2) is 21.2. The molecule has 50 heavy (non-hydrogen) atoms. The summed E-state index contributed by atoms with van der Waals surface area (Å²) in [6.45, 7) is 6.40. The number of hydrogen-bond donors (Lipinski definition) is 6. The van der Waals surface area contributed by atoms with Crippen LogP contribution in [0.15, 0.2) is 53.4 Å². The van der Waals surface area contributed by atoms with Gasteiger partial charge in [0.1, 0.15) is 17.8 Å². The predicted molar refractivity (Wildman–Crippen MR) is 191 cm³/mol. The molecule has 0 saturated heterocycles. The lowest BCUT2D eigenvalue weighted by molar-refractivity contribution is -0.134. The smallest absolute Gasteiger partial charge is 0.257 e. The summed E-state index contributed by atoms with van der Waals surface area (Å²) in [6, 6.07) is 11.8. The summed E-state index contributed by atoms with van der Waals surface area (Å²) >= 11 is 1.49. The van der Waals surface area contributed by atoms with Crippen LogP contribution in [0.1, 0.15) is 62.4 Å². The summed E-state index contributed by atoms with van der Waals surface area (Å²) in [4.78, 5) is 68.1. The Bertz CT molecular complexity index is 1420. The van der Waals surface area contributed by atoms with Crippen LogP contribution < -0.4 is 26.0 Å². The van der Waals surface area contributed by atoms with Crippen molar-refractivity contribution in [2.75, 3.05) is 45.1 Å². The number of nitrogens with one attached hydrogen (secondary N) is 4. The van der Waals surface area contributed by atoms with Gasteiger partial charge in [-0.3, -0.25) is 24.0 Å². The fourth-order valence-electron chi connectivity index (χ4n) is 5.34. The second-order valence-electron chi connectivity index (χ2n) is 12.7. The van der Waals surface area contributed by atoms with Crippen LogP contribution in [0, 0.1) is 5.92 Å². The van der Waals surface area contributed by atoms with Crippen LogP contribution in [-0.4, -0.2) is 108 Å². The maximum Gasteiger partial charge on any atom is 0.257 e. The Morgan fingerprint density at radius 3 is 2.34 bits per heavy atom. The monoisotopic (exact) mass is 713 g/mol. The zero-order valence-electron chi connectivity index (χ0n) is 29.1. The molecule has 0 radical (unpaired) electrons. The highest BCUT2D eigenvalue weighted by Crippen LogP contribution is 2.19. The molecule has 274 valence electrons. The standard InChI is InChI=1S/C36H51N5O8S/c1-24(2)20-30-34(46)40-33(25(3)43)35(47)38-14-4-5-16-41(36(48)27-10-12-29(13-11-27)50-19-18-42)17-7-15-37-32(45)23-49-28-9-6-8-26(21-28)22-31(44)39-30/h6,8-13,21,24-25,30,33,42-43H,4-5,7,14-20,22-23H2,1-3H3,(H,37,45)(H,38,47)(H,39,44)(H,40,46)/t25-,30-,33+/m1/s1. The van der Waals surface area contributed by atoms with Crippen molar-refractivity contribution in [1.82, 2.24) is 26.2 Å². The minimum atomic E-state index is -1.24. The SMILES string of the molecule is CC(C)C[C@H]1NC(=O)Cc2cccc(c2)OCC(=O)NCCCN(C(=O)c2ccc(SCCO)cc2)CCCCNC(=O)[C@H]([C@@H](C)O)NC1=O. The Hall–Kier alpha value is -4.14. The van der Waals surface area contributed by atoms with Crippen LogP contribution >= 0.6 is 11.8 Å². The molecule has 6 N–H and O–H groups in total. The molecule has 3 atom stereocenters. The zero-order chi connectivity index (χ0) is 36.5. The van der Waals surface area contributed by atoms with E-state index in [1.54, 1.807) is 41.3 Å². The molecule has 2 aromatic carbocycles. The lowest BCUT2D eigenvalue weighted by atomic mass is 10.0. The Kier molecular flexibility index (Phi) is 17.1. The number of carbonyl (C=O) groups is 5. The number of aliphatic hydroxyl groups is 2. The van der Waals surface area contributed by atoms with E-state index < -0.39 is 35.9 Å². The number of hydrogen-bond acceptors (Lipinski definition) is 9. The minimum absolute atomic E-state index is 0.0428.